The molecule has 1 aromatic heterocycles. The van der Waals surface area contributed by atoms with E-state index in [0.29, 0.717) is 18.4 Å². The fourth-order valence-corrected chi connectivity index (χ4v) is 3.18. The number of piperidine rings is 1. The molecule has 1 fully saturated rings. The highest BCUT2D eigenvalue weighted by Gasteiger charge is 2.21. The van der Waals surface area contributed by atoms with E-state index in [-0.39, 0.29) is 11.9 Å². The predicted octanol–water partition coefficient (Wildman–Crippen LogP) is 3.18. The maximum atomic E-state index is 12.1. The number of hydrogen-bond acceptors (Lipinski definition) is 4. The van der Waals surface area contributed by atoms with Gasteiger partial charge in [-0.15, -0.1) is 0 Å². The Bertz CT molecular complexity index is 750. The fraction of sp³-hybridized carbons (Fsp3) is 0.400. The molecule has 0 saturated carbocycles. The number of carbonyl (C=O) groups excluding carboxylic acids is 1. The maximum absolute atomic E-state index is 12.1. The van der Waals surface area contributed by atoms with Gasteiger partial charge in [-0.1, -0.05) is 0 Å². The van der Waals surface area contributed by atoms with E-state index in [2.05, 4.69) is 16.3 Å². The lowest BCUT2D eigenvalue weighted by Gasteiger charge is -2.34. The third kappa shape index (κ3) is 4.63. The number of nitrogens with one attached hydrogen (secondary N) is 1. The van der Waals surface area contributed by atoms with Gasteiger partial charge in [0.15, 0.2) is 0 Å². The van der Waals surface area contributed by atoms with Crippen LogP contribution >= 0.6 is 0 Å². The van der Waals surface area contributed by atoms with Crippen LogP contribution in [0.3, 0.4) is 0 Å². The minimum atomic E-state index is 0.0888. The number of aryl methyl sites for hydroxylation is 2. The Morgan fingerprint density at radius 3 is 2.56 bits per heavy atom. The van der Waals surface area contributed by atoms with Crippen molar-refractivity contribution >= 4 is 11.6 Å². The summed E-state index contributed by atoms with van der Waals surface area (Å²) in [6.45, 7) is 3.73. The number of nitriles is 1. The van der Waals surface area contributed by atoms with Gasteiger partial charge in [0.2, 0.25) is 5.91 Å². The Labute approximate surface area is 148 Å². The lowest BCUT2D eigenvalue weighted by Crippen LogP contribution is -2.44. The molecule has 1 N–H and O–H groups in total. The van der Waals surface area contributed by atoms with Gasteiger partial charge in [0.05, 0.1) is 11.6 Å². The van der Waals surface area contributed by atoms with Gasteiger partial charge in [-0.3, -0.25) is 4.79 Å². The van der Waals surface area contributed by atoms with Crippen molar-refractivity contribution in [1.82, 2.24) is 5.32 Å². The SMILES string of the molecule is Cc1ccc(CCC(=O)NC2CCN(c3ccc(C#N)cc3)CC2)o1. The van der Waals surface area contributed by atoms with Crippen LogP contribution in [-0.2, 0) is 11.2 Å². The van der Waals surface area contributed by atoms with Crippen molar-refractivity contribution in [2.75, 3.05) is 18.0 Å². The number of anilines is 1. The number of carbonyl (C=O) groups is 1. The summed E-state index contributed by atoms with van der Waals surface area (Å²) in [5.41, 5.74) is 1.81. The van der Waals surface area contributed by atoms with Gasteiger partial charge in [-0.25, -0.2) is 0 Å². The van der Waals surface area contributed by atoms with Crippen molar-refractivity contribution in [3.8, 4) is 6.07 Å². The molecule has 1 amide bonds. The zero-order chi connectivity index (χ0) is 17.6. The Hall–Kier alpha value is -2.74. The predicted molar refractivity (Wildman–Crippen MR) is 96.3 cm³/mol. The van der Waals surface area contributed by atoms with E-state index >= 15 is 0 Å². The highest BCUT2D eigenvalue weighted by atomic mass is 16.3. The van der Waals surface area contributed by atoms with Crippen molar-refractivity contribution in [3.05, 3.63) is 53.5 Å². The van der Waals surface area contributed by atoms with E-state index in [9.17, 15) is 4.79 Å². The number of furan rings is 1. The molecule has 1 aromatic carbocycles. The summed E-state index contributed by atoms with van der Waals surface area (Å²) in [5.74, 6) is 1.83. The molecular weight excluding hydrogens is 314 g/mol. The van der Waals surface area contributed by atoms with Crippen molar-refractivity contribution in [1.29, 1.82) is 5.26 Å². The maximum Gasteiger partial charge on any atom is 0.220 e. The van der Waals surface area contributed by atoms with E-state index in [1.807, 2.05) is 43.3 Å². The van der Waals surface area contributed by atoms with Gasteiger partial charge in [-0.05, 0) is 56.2 Å². The number of amides is 1. The van der Waals surface area contributed by atoms with Crippen LogP contribution in [0.2, 0.25) is 0 Å². The largest absolute Gasteiger partial charge is 0.466 e. The van der Waals surface area contributed by atoms with Crippen molar-refractivity contribution in [2.45, 2.75) is 38.6 Å². The summed E-state index contributed by atoms with van der Waals surface area (Å²) in [4.78, 5) is 14.4. The lowest BCUT2D eigenvalue weighted by molar-refractivity contribution is -0.121. The first-order chi connectivity index (χ1) is 12.1. The molecule has 0 atom stereocenters. The molecule has 0 bridgehead atoms. The topological polar surface area (TPSA) is 69.3 Å². The van der Waals surface area contributed by atoms with Crippen LogP contribution in [0.5, 0.6) is 0 Å². The average molecular weight is 337 g/mol. The quantitative estimate of drug-likeness (QED) is 0.910. The lowest BCUT2D eigenvalue weighted by atomic mass is 10.0. The normalized spacial score (nSPS) is 15.0. The molecule has 0 radical (unpaired) electrons. The van der Waals surface area contributed by atoms with Crippen LogP contribution in [0.4, 0.5) is 5.69 Å². The molecule has 1 aliphatic heterocycles. The third-order valence-electron chi connectivity index (χ3n) is 4.62. The Kier molecular flexibility index (Phi) is 5.39. The van der Waals surface area contributed by atoms with E-state index in [1.165, 1.54) is 0 Å². The summed E-state index contributed by atoms with van der Waals surface area (Å²) >= 11 is 0. The van der Waals surface area contributed by atoms with Gasteiger partial charge >= 0.3 is 0 Å². The zero-order valence-electron chi connectivity index (χ0n) is 14.5. The first kappa shape index (κ1) is 17.1. The first-order valence-corrected chi connectivity index (χ1v) is 8.74. The van der Waals surface area contributed by atoms with E-state index in [0.717, 1.165) is 43.1 Å². The third-order valence-corrected chi connectivity index (χ3v) is 4.62. The fourth-order valence-electron chi connectivity index (χ4n) is 3.18. The summed E-state index contributed by atoms with van der Waals surface area (Å²) < 4.78 is 5.50. The highest BCUT2D eigenvalue weighted by Crippen LogP contribution is 2.20. The van der Waals surface area contributed by atoms with Gasteiger partial charge in [-0.2, -0.15) is 5.26 Å². The van der Waals surface area contributed by atoms with Gasteiger partial charge in [0, 0.05) is 37.7 Å². The minimum absolute atomic E-state index is 0.0888. The molecule has 2 heterocycles. The smallest absolute Gasteiger partial charge is 0.220 e. The van der Waals surface area contributed by atoms with Crippen molar-refractivity contribution in [3.63, 3.8) is 0 Å². The van der Waals surface area contributed by atoms with E-state index in [4.69, 9.17) is 9.68 Å². The molecule has 1 aliphatic rings. The molecule has 130 valence electrons. The molecule has 25 heavy (non-hydrogen) atoms. The standard InChI is InChI=1S/C20H23N3O2/c1-15-2-7-19(25-15)8-9-20(24)22-17-10-12-23(13-11-17)18-5-3-16(14-21)4-6-18/h2-7,17H,8-13H2,1H3,(H,22,24). The zero-order valence-corrected chi connectivity index (χ0v) is 14.5. The summed E-state index contributed by atoms with van der Waals surface area (Å²) in [7, 11) is 0. The molecule has 2 aromatic rings. The monoisotopic (exact) mass is 337 g/mol. The Morgan fingerprint density at radius 1 is 1.24 bits per heavy atom. The van der Waals surface area contributed by atoms with Crippen LogP contribution in [0.25, 0.3) is 0 Å². The number of benzene rings is 1. The average Bonchev–Trinajstić information content (AvgIpc) is 3.06. The van der Waals surface area contributed by atoms with Gasteiger partial charge in [0.25, 0.3) is 0 Å². The van der Waals surface area contributed by atoms with Gasteiger partial charge in [0.1, 0.15) is 11.5 Å². The Morgan fingerprint density at radius 2 is 1.96 bits per heavy atom. The number of hydrogen-bond donors (Lipinski definition) is 1. The molecule has 0 unspecified atom stereocenters. The molecule has 5 nitrogen and oxygen atoms in total. The van der Waals surface area contributed by atoms with Crippen molar-refractivity contribution in [2.24, 2.45) is 0 Å². The molecule has 5 heteroatoms. The second kappa shape index (κ2) is 7.89. The first-order valence-electron chi connectivity index (χ1n) is 8.74. The minimum Gasteiger partial charge on any atom is -0.466 e. The van der Waals surface area contributed by atoms with Gasteiger partial charge < -0.3 is 14.6 Å². The van der Waals surface area contributed by atoms with Crippen LogP contribution in [0.1, 0.15) is 36.3 Å². The van der Waals surface area contributed by atoms with Crippen LogP contribution in [0, 0.1) is 18.3 Å². The molecule has 0 aliphatic carbocycles. The molecule has 3 rings (SSSR count). The van der Waals surface area contributed by atoms with E-state index < -0.39 is 0 Å². The van der Waals surface area contributed by atoms with Crippen LogP contribution < -0.4 is 10.2 Å². The Balaban J connectivity index is 1.42. The summed E-state index contributed by atoms with van der Waals surface area (Å²) in [5, 5.41) is 12.0. The summed E-state index contributed by atoms with van der Waals surface area (Å²) in [6, 6.07) is 13.9. The molecule has 0 spiro atoms. The summed E-state index contributed by atoms with van der Waals surface area (Å²) in [6.07, 6.45) is 2.98. The number of rotatable bonds is 5. The number of nitrogens with zero attached hydrogens (tertiary/aromatic N) is 2. The van der Waals surface area contributed by atoms with Crippen LogP contribution in [0.15, 0.2) is 40.8 Å². The van der Waals surface area contributed by atoms with Crippen molar-refractivity contribution < 1.29 is 9.21 Å². The molecule has 1 saturated heterocycles. The van der Waals surface area contributed by atoms with Crippen LogP contribution in [-0.4, -0.2) is 25.0 Å². The second-order valence-electron chi connectivity index (χ2n) is 6.50. The van der Waals surface area contributed by atoms with E-state index in [1.54, 1.807) is 0 Å². The molecular formula is C20H23N3O2. The second-order valence-corrected chi connectivity index (χ2v) is 6.50. The highest BCUT2D eigenvalue weighted by molar-refractivity contribution is 5.76.